The van der Waals surface area contributed by atoms with E-state index in [1.165, 1.54) is 6.20 Å². The second-order valence-electron chi connectivity index (χ2n) is 4.09. The van der Waals surface area contributed by atoms with Gasteiger partial charge < -0.3 is 10.5 Å². The number of nitrogens with one attached hydrogen (secondary N) is 1. The average Bonchev–Trinajstić information content (AvgIpc) is 2.05. The van der Waals surface area contributed by atoms with Crippen LogP contribution in [-0.4, -0.2) is 16.7 Å². The first-order valence-electron chi connectivity index (χ1n) is 4.58. The van der Waals surface area contributed by atoms with Crippen LogP contribution in [0.2, 0.25) is 0 Å². The third kappa shape index (κ3) is 3.84. The highest BCUT2D eigenvalue weighted by Crippen LogP contribution is 2.16. The summed E-state index contributed by atoms with van der Waals surface area (Å²) in [5, 5.41) is 2.52. The summed E-state index contributed by atoms with van der Waals surface area (Å²) in [6.45, 7) is 5.37. The molecule has 0 bridgehead atoms. The third-order valence-electron chi connectivity index (χ3n) is 1.49. The van der Waals surface area contributed by atoms with E-state index in [1.807, 2.05) is 0 Å². The van der Waals surface area contributed by atoms with Gasteiger partial charge in [0.15, 0.2) is 0 Å². The van der Waals surface area contributed by atoms with Gasteiger partial charge in [0.05, 0.1) is 17.6 Å². The van der Waals surface area contributed by atoms with Gasteiger partial charge in [0.2, 0.25) is 0 Å². The fourth-order valence-electron chi connectivity index (χ4n) is 0.923. The van der Waals surface area contributed by atoms with E-state index in [-0.39, 0.29) is 0 Å². The number of nitrogens with two attached hydrogens (primary N) is 1. The van der Waals surface area contributed by atoms with Gasteiger partial charge in [-0.05, 0) is 26.8 Å². The summed E-state index contributed by atoms with van der Waals surface area (Å²) in [6.07, 6.45) is 2.48. The Hall–Kier alpha value is -1.78. The highest BCUT2D eigenvalue weighted by Gasteiger charge is 2.16. The van der Waals surface area contributed by atoms with Crippen molar-refractivity contribution >= 4 is 17.5 Å². The van der Waals surface area contributed by atoms with Crippen LogP contribution in [0.25, 0.3) is 0 Å². The molecule has 1 heterocycles. The highest BCUT2D eigenvalue weighted by molar-refractivity contribution is 5.88. The molecule has 0 aliphatic rings. The van der Waals surface area contributed by atoms with Crippen LogP contribution in [0.5, 0.6) is 0 Å². The van der Waals surface area contributed by atoms with E-state index in [1.54, 1.807) is 33.0 Å². The molecule has 0 saturated heterocycles. The predicted molar refractivity (Wildman–Crippen MR) is 58.5 cm³/mol. The SMILES string of the molecule is CC(C)(C)OC(=O)Nc1cnccc1N. The van der Waals surface area contributed by atoms with Crippen molar-refractivity contribution in [3.8, 4) is 0 Å². The number of nitrogens with zero attached hydrogens (tertiary/aromatic N) is 1. The molecule has 0 unspecified atom stereocenters. The Morgan fingerprint density at radius 1 is 1.53 bits per heavy atom. The highest BCUT2D eigenvalue weighted by atomic mass is 16.6. The summed E-state index contributed by atoms with van der Waals surface area (Å²) in [7, 11) is 0. The summed E-state index contributed by atoms with van der Waals surface area (Å²) in [5.74, 6) is 0. The van der Waals surface area contributed by atoms with Crippen molar-refractivity contribution in [2.24, 2.45) is 0 Å². The van der Waals surface area contributed by atoms with Gasteiger partial charge >= 0.3 is 6.09 Å². The van der Waals surface area contributed by atoms with Crippen LogP contribution in [0.4, 0.5) is 16.2 Å². The monoisotopic (exact) mass is 209 g/mol. The van der Waals surface area contributed by atoms with E-state index in [9.17, 15) is 4.79 Å². The quantitative estimate of drug-likeness (QED) is 0.741. The Labute approximate surface area is 88.6 Å². The maximum atomic E-state index is 11.4. The van der Waals surface area contributed by atoms with Crippen molar-refractivity contribution in [3.63, 3.8) is 0 Å². The van der Waals surface area contributed by atoms with E-state index in [0.717, 1.165) is 0 Å². The Kier molecular flexibility index (Phi) is 3.14. The molecular formula is C10H15N3O2. The molecule has 1 rings (SSSR count). The molecule has 0 saturated carbocycles. The van der Waals surface area contributed by atoms with Crippen molar-refractivity contribution in [2.45, 2.75) is 26.4 Å². The molecule has 82 valence electrons. The molecule has 0 aromatic carbocycles. The maximum absolute atomic E-state index is 11.4. The van der Waals surface area contributed by atoms with Crippen molar-refractivity contribution in [1.29, 1.82) is 0 Å². The first-order chi connectivity index (χ1) is 6.88. The van der Waals surface area contributed by atoms with Crippen molar-refractivity contribution in [3.05, 3.63) is 18.5 Å². The lowest BCUT2D eigenvalue weighted by Crippen LogP contribution is -2.27. The summed E-state index contributed by atoms with van der Waals surface area (Å²) in [4.78, 5) is 15.2. The molecule has 0 aliphatic carbocycles. The van der Waals surface area contributed by atoms with Gasteiger partial charge in [-0.2, -0.15) is 0 Å². The molecule has 1 aromatic heterocycles. The first-order valence-corrected chi connectivity index (χ1v) is 4.58. The fourth-order valence-corrected chi connectivity index (χ4v) is 0.923. The zero-order valence-electron chi connectivity index (χ0n) is 9.07. The standard InChI is InChI=1S/C10H15N3O2/c1-10(2,3)15-9(14)13-8-6-12-5-4-7(8)11/h4-6H,1-3H3,(H2,11,12)(H,13,14). The van der Waals surface area contributed by atoms with Gasteiger partial charge in [0.1, 0.15) is 5.60 Å². The van der Waals surface area contributed by atoms with Gasteiger partial charge in [-0.25, -0.2) is 4.79 Å². The minimum absolute atomic E-state index is 0.451. The normalized spacial score (nSPS) is 10.9. The first kappa shape index (κ1) is 11.3. The number of hydrogen-bond donors (Lipinski definition) is 2. The van der Waals surface area contributed by atoms with Gasteiger partial charge in [0, 0.05) is 6.20 Å². The van der Waals surface area contributed by atoms with E-state index < -0.39 is 11.7 Å². The van der Waals surface area contributed by atoms with E-state index in [2.05, 4.69) is 10.3 Å². The number of pyridine rings is 1. The van der Waals surface area contributed by atoms with Crippen molar-refractivity contribution in [1.82, 2.24) is 4.98 Å². The molecule has 0 radical (unpaired) electrons. The Bertz CT molecular complexity index is 358. The predicted octanol–water partition coefficient (Wildman–Crippen LogP) is 2.01. The fraction of sp³-hybridized carbons (Fsp3) is 0.400. The van der Waals surface area contributed by atoms with E-state index in [4.69, 9.17) is 10.5 Å². The van der Waals surface area contributed by atoms with E-state index >= 15 is 0 Å². The number of amides is 1. The number of aromatic nitrogens is 1. The largest absolute Gasteiger partial charge is 0.444 e. The molecule has 0 aliphatic heterocycles. The number of rotatable bonds is 1. The molecule has 5 heteroatoms. The van der Waals surface area contributed by atoms with Crippen LogP contribution in [0.1, 0.15) is 20.8 Å². The average molecular weight is 209 g/mol. The number of anilines is 2. The maximum Gasteiger partial charge on any atom is 0.412 e. The van der Waals surface area contributed by atoms with Crippen molar-refractivity contribution < 1.29 is 9.53 Å². The molecule has 3 N–H and O–H groups in total. The van der Waals surface area contributed by atoms with Gasteiger partial charge in [-0.3, -0.25) is 10.3 Å². The summed E-state index contributed by atoms with van der Waals surface area (Å²) >= 11 is 0. The third-order valence-corrected chi connectivity index (χ3v) is 1.49. The molecule has 0 atom stereocenters. The number of nitrogen functional groups attached to an aromatic ring is 1. The van der Waals surface area contributed by atoms with Crippen LogP contribution in [0, 0.1) is 0 Å². The van der Waals surface area contributed by atoms with Crippen LogP contribution in [0.3, 0.4) is 0 Å². The zero-order chi connectivity index (χ0) is 11.5. The molecule has 0 spiro atoms. The van der Waals surface area contributed by atoms with Gasteiger partial charge in [0.25, 0.3) is 0 Å². The lowest BCUT2D eigenvalue weighted by atomic mass is 10.2. The van der Waals surface area contributed by atoms with Gasteiger partial charge in [-0.15, -0.1) is 0 Å². The molecular weight excluding hydrogens is 194 g/mol. The second-order valence-corrected chi connectivity index (χ2v) is 4.09. The zero-order valence-corrected chi connectivity index (χ0v) is 9.07. The number of hydrogen-bond acceptors (Lipinski definition) is 4. The smallest absolute Gasteiger partial charge is 0.412 e. The lowest BCUT2D eigenvalue weighted by Gasteiger charge is -2.19. The number of carbonyl (C=O) groups excluding carboxylic acids is 1. The lowest BCUT2D eigenvalue weighted by molar-refractivity contribution is 0.0636. The topological polar surface area (TPSA) is 77.2 Å². The van der Waals surface area contributed by atoms with Crippen molar-refractivity contribution in [2.75, 3.05) is 11.1 Å². The summed E-state index contributed by atoms with van der Waals surface area (Å²) < 4.78 is 5.06. The molecule has 5 nitrogen and oxygen atoms in total. The summed E-state index contributed by atoms with van der Waals surface area (Å²) in [5.41, 5.74) is 6.00. The minimum Gasteiger partial charge on any atom is -0.444 e. The second kappa shape index (κ2) is 4.16. The molecule has 1 amide bonds. The van der Waals surface area contributed by atoms with Crippen LogP contribution in [0.15, 0.2) is 18.5 Å². The van der Waals surface area contributed by atoms with Crippen LogP contribution in [-0.2, 0) is 4.74 Å². The summed E-state index contributed by atoms with van der Waals surface area (Å²) in [6, 6.07) is 1.60. The Morgan fingerprint density at radius 2 is 2.20 bits per heavy atom. The van der Waals surface area contributed by atoms with Crippen LogP contribution >= 0.6 is 0 Å². The molecule has 1 aromatic rings. The Balaban J connectivity index is 2.64. The number of carbonyl (C=O) groups is 1. The van der Waals surface area contributed by atoms with Gasteiger partial charge in [-0.1, -0.05) is 0 Å². The Morgan fingerprint density at radius 3 is 2.73 bits per heavy atom. The number of ether oxygens (including phenoxy) is 1. The minimum atomic E-state index is -0.540. The molecule has 0 fully saturated rings. The molecule has 15 heavy (non-hydrogen) atoms. The van der Waals surface area contributed by atoms with Crippen LogP contribution < -0.4 is 11.1 Å². The van der Waals surface area contributed by atoms with E-state index in [0.29, 0.717) is 11.4 Å².